The molecule has 0 saturated carbocycles. The number of amides is 10. The molecule has 1 aromatic rings. The molecular weight excluding hydrogens is 1230 g/mol. The molecule has 15 N–H and O–H groups in total. The molecule has 502 valence electrons. The Morgan fingerprint density at radius 2 is 1.51 bits per heavy atom. The highest BCUT2D eigenvalue weighted by Gasteiger charge is 2.43. The number of carboxylic acid groups (broad SMARTS) is 1. The molecule has 0 spiro atoms. The van der Waals surface area contributed by atoms with Gasteiger partial charge in [-0.2, -0.15) is 35.3 Å². The van der Waals surface area contributed by atoms with Gasteiger partial charge < -0.3 is 83.6 Å². The van der Waals surface area contributed by atoms with E-state index in [-0.39, 0.29) is 70.1 Å². The molecule has 10 amide bonds. The van der Waals surface area contributed by atoms with Gasteiger partial charge in [0.1, 0.15) is 66.9 Å². The van der Waals surface area contributed by atoms with Gasteiger partial charge in [0.25, 0.3) is 5.91 Å². The minimum atomic E-state index is -1.80. The summed E-state index contributed by atoms with van der Waals surface area (Å²) in [6.45, 7) is 7.19. The number of fused-ring (bicyclic) bond motifs is 2. The Kier molecular flexibility index (Phi) is 33.5. The maximum atomic E-state index is 15.0. The Morgan fingerprint density at radius 3 is 2.17 bits per heavy atom. The number of hydrogen-bond donors (Lipinski definition) is 13. The lowest BCUT2D eigenvalue weighted by Crippen LogP contribution is -2.61. The van der Waals surface area contributed by atoms with Gasteiger partial charge >= 0.3 is 5.97 Å². The number of aliphatic carboxylic acids is 1. The summed E-state index contributed by atoms with van der Waals surface area (Å²) >= 11 is 4.45. The predicted octanol–water partition coefficient (Wildman–Crippen LogP) is -0.462. The number of ether oxygens (including phenoxy) is 1. The number of benzene rings is 1. The number of thioether (sulfide) groups is 3. The number of nitrogens with two attached hydrogens (primary N) is 2. The maximum absolute atomic E-state index is 15.0. The van der Waals surface area contributed by atoms with Crippen molar-refractivity contribution in [2.24, 2.45) is 22.5 Å². The molecule has 3 aliphatic heterocycles. The average molecular weight is 1320 g/mol. The van der Waals surface area contributed by atoms with Crippen molar-refractivity contribution in [1.82, 2.24) is 52.3 Å². The number of carbonyl (C=O) groups excluding carboxylic acids is 10. The number of guanidine groups is 1. The van der Waals surface area contributed by atoms with Crippen molar-refractivity contribution in [2.75, 3.05) is 62.9 Å². The lowest BCUT2D eigenvalue weighted by molar-refractivity contribution is -0.145. The zero-order valence-corrected chi connectivity index (χ0v) is 54.4. The van der Waals surface area contributed by atoms with Crippen LogP contribution in [0, 0.1) is 11.3 Å². The molecule has 0 aromatic heterocycles. The maximum Gasteiger partial charge on any atom is 0.305 e. The molecule has 0 aliphatic carbocycles. The first kappa shape index (κ1) is 75.4. The number of aliphatic hydroxyl groups is 1. The van der Waals surface area contributed by atoms with Crippen LogP contribution in [-0.4, -0.2) is 215 Å². The average Bonchev–Trinajstić information content (AvgIpc) is 2.31. The van der Waals surface area contributed by atoms with E-state index >= 15 is 4.79 Å². The van der Waals surface area contributed by atoms with Gasteiger partial charge in [0.15, 0.2) is 5.96 Å². The van der Waals surface area contributed by atoms with Crippen LogP contribution in [0.2, 0.25) is 0 Å². The van der Waals surface area contributed by atoms with E-state index in [2.05, 4.69) is 60.7 Å². The zero-order chi connectivity index (χ0) is 66.3. The summed E-state index contributed by atoms with van der Waals surface area (Å²) in [6.07, 6.45) is 5.08. The van der Waals surface area contributed by atoms with Crippen molar-refractivity contribution in [3.63, 3.8) is 0 Å². The van der Waals surface area contributed by atoms with Crippen LogP contribution in [-0.2, 0) is 69.1 Å². The molecular formula is C58H92N14O15S3. The standard InChI is InChI=1S/C58H92N14O15S3/c1-6-34(3)48(57(85)72-21-14-17-44(72)54(82)70-49(35(4)73)55(83)63-29-45(59)74)69-52(80)41(28-47(76)77)67-51(79)40(18-24-88-5)66-53(81)43-16-13-20-71(43)56(84)42-33-90-32-37-25-36(31-89-7-2)26-38(27-37)86-22-10-8-9-11-23-87-64-30-46(75)65-39(50(78)68-42)15-12-19-62-58(60)61/h25-27,30,34-35,39-44,48-49,73H,6-24,28-29,31-33H2,1-5H3,(H2,59,74)(H,63,83)(H,65,75)(H,66,81)(H,67,79)(H,68,78)(H,69,80)(H,70,82)(H,76,77)(H4,60,61,62)/b64-30+/t34-,35+,39-,40-,41-,42-,43-,44-,48-,49-/m0/s1. The molecule has 32 heteroatoms. The summed E-state index contributed by atoms with van der Waals surface area (Å²) in [6, 6.07) is -4.84. The van der Waals surface area contributed by atoms with Gasteiger partial charge in [-0.05, 0) is 124 Å². The van der Waals surface area contributed by atoms with Gasteiger partial charge in [0.05, 0.1) is 25.7 Å². The number of aliphatic hydroxyl groups excluding tert-OH is 1. The van der Waals surface area contributed by atoms with Gasteiger partial charge in [-0.15, -0.1) is 0 Å². The largest absolute Gasteiger partial charge is 0.494 e. The number of nitrogens with one attached hydrogen (secondary N) is 9. The monoisotopic (exact) mass is 1320 g/mol. The van der Waals surface area contributed by atoms with E-state index in [4.69, 9.17) is 26.5 Å². The smallest absolute Gasteiger partial charge is 0.305 e. The van der Waals surface area contributed by atoms with E-state index in [0.29, 0.717) is 49.5 Å². The van der Waals surface area contributed by atoms with Crippen molar-refractivity contribution >= 4 is 113 Å². The summed E-state index contributed by atoms with van der Waals surface area (Å²) in [5.74, 6) is -7.46. The van der Waals surface area contributed by atoms with Crippen molar-refractivity contribution in [2.45, 2.75) is 177 Å². The first-order chi connectivity index (χ1) is 43.0. The van der Waals surface area contributed by atoms with E-state index in [1.807, 2.05) is 12.1 Å². The number of rotatable bonds is 28. The fourth-order valence-electron chi connectivity index (χ4n) is 10.2. The van der Waals surface area contributed by atoms with Gasteiger partial charge in [0.2, 0.25) is 53.2 Å². The lowest BCUT2D eigenvalue weighted by atomic mass is 9.96. The second-order valence-electron chi connectivity index (χ2n) is 22.2. The van der Waals surface area contributed by atoms with E-state index < -0.39 is 138 Å². The van der Waals surface area contributed by atoms with Crippen LogP contribution in [0.15, 0.2) is 23.4 Å². The van der Waals surface area contributed by atoms with Crippen molar-refractivity contribution in [3.8, 4) is 5.75 Å². The molecule has 4 rings (SSSR count). The Hall–Kier alpha value is -7.06. The van der Waals surface area contributed by atoms with E-state index in [9.17, 15) is 58.2 Å². The van der Waals surface area contributed by atoms with E-state index in [1.165, 1.54) is 40.2 Å². The molecule has 2 fully saturated rings. The molecule has 0 unspecified atom stereocenters. The fraction of sp³-hybridized carbons (Fsp3) is 0.672. The summed E-state index contributed by atoms with van der Waals surface area (Å²) in [7, 11) is 0. The molecule has 2 bridgehead atoms. The minimum absolute atomic E-state index is 0.00981. The highest BCUT2D eigenvalue weighted by molar-refractivity contribution is 7.99. The van der Waals surface area contributed by atoms with Gasteiger partial charge in [-0.3, -0.25) is 58.1 Å². The third-order valence-corrected chi connectivity index (χ3v) is 17.8. The van der Waals surface area contributed by atoms with Crippen LogP contribution >= 0.6 is 35.3 Å². The first-order valence-corrected chi connectivity index (χ1v) is 34.2. The third-order valence-electron chi connectivity index (χ3n) is 15.1. The van der Waals surface area contributed by atoms with Gasteiger partial charge in [0, 0.05) is 36.9 Å². The predicted molar refractivity (Wildman–Crippen MR) is 342 cm³/mol. The molecule has 3 heterocycles. The number of nitrogens with zero attached hydrogens (tertiary/aromatic N) is 3. The Balaban J connectivity index is 1.60. The third kappa shape index (κ3) is 25.7. The van der Waals surface area contributed by atoms with Crippen LogP contribution in [0.5, 0.6) is 5.75 Å². The Morgan fingerprint density at radius 1 is 0.833 bits per heavy atom. The molecule has 10 atom stereocenters. The summed E-state index contributed by atoms with van der Waals surface area (Å²) in [5, 5.41) is 52.4. The SMILES string of the molecule is CCSCc1cc2cc(c1)OCCCCCCO/N=C/C(=O)N[C@@H](CCCNC(=N)N)C(=O)N[C@H](C(=O)N1CCC[C@H]1C(=O)N[C@@H](CCSC)C(=O)N[C@@H](CC(=O)O)C(=O)N[C@H](C(=O)N1CCC[C@H]1C(=O)N[C@H](C(=O)NCC(N)=O)[C@@H](C)O)[C@@H](C)CC)CSC2. The van der Waals surface area contributed by atoms with Crippen LogP contribution in [0.4, 0.5) is 0 Å². The number of oxime groups is 1. The number of likely N-dealkylation sites (tertiary alicyclic amines) is 2. The zero-order valence-electron chi connectivity index (χ0n) is 52.0. The number of carboxylic acids is 1. The minimum Gasteiger partial charge on any atom is -0.494 e. The van der Waals surface area contributed by atoms with Crippen LogP contribution in [0.3, 0.4) is 0 Å². The number of hydrogen-bond acceptors (Lipinski definition) is 19. The van der Waals surface area contributed by atoms with Crippen molar-refractivity contribution in [3.05, 3.63) is 29.3 Å². The number of carbonyl (C=O) groups is 11. The second kappa shape index (κ2) is 39.9. The number of primary amides is 1. The Labute approximate surface area is 537 Å². The Bertz CT molecular complexity index is 2660. The van der Waals surface area contributed by atoms with E-state index in [1.54, 1.807) is 31.9 Å². The molecule has 29 nitrogen and oxygen atoms in total. The van der Waals surface area contributed by atoms with Gasteiger partial charge in [-0.1, -0.05) is 38.4 Å². The summed E-state index contributed by atoms with van der Waals surface area (Å²) in [5.41, 5.74) is 12.6. The van der Waals surface area contributed by atoms with Crippen molar-refractivity contribution < 1.29 is 72.5 Å². The quantitative estimate of drug-likeness (QED) is 0.0287. The molecule has 90 heavy (non-hydrogen) atoms. The van der Waals surface area contributed by atoms with E-state index in [0.717, 1.165) is 48.1 Å². The lowest BCUT2D eigenvalue weighted by Gasteiger charge is -2.33. The highest BCUT2D eigenvalue weighted by Crippen LogP contribution is 2.27. The molecule has 3 aliphatic rings. The van der Waals surface area contributed by atoms with Gasteiger partial charge in [-0.25, -0.2) is 0 Å². The molecule has 1 aromatic carbocycles. The topological polar surface area (TPSA) is 438 Å². The van der Waals surface area contributed by atoms with Crippen LogP contribution in [0.25, 0.3) is 0 Å². The summed E-state index contributed by atoms with van der Waals surface area (Å²) < 4.78 is 6.22. The van der Waals surface area contributed by atoms with Crippen LogP contribution < -0.4 is 58.7 Å². The second-order valence-corrected chi connectivity index (χ2v) is 25.5. The fourth-order valence-corrected chi connectivity index (χ4v) is 12.2. The highest BCUT2D eigenvalue weighted by atomic mass is 32.2. The normalized spacial score (nSPS) is 21.0. The molecule has 0 radical (unpaired) electrons. The van der Waals surface area contributed by atoms with Crippen LogP contribution in [0.1, 0.15) is 122 Å². The summed E-state index contributed by atoms with van der Waals surface area (Å²) in [4.78, 5) is 158. The first-order valence-electron chi connectivity index (χ1n) is 30.5. The molecule has 2 saturated heterocycles. The van der Waals surface area contributed by atoms with Crippen molar-refractivity contribution in [1.29, 1.82) is 5.41 Å².